The zero-order chi connectivity index (χ0) is 13.1. The van der Waals surface area contributed by atoms with Gasteiger partial charge in [-0.25, -0.2) is 9.59 Å². The molecule has 0 amide bonds. The van der Waals surface area contributed by atoms with Crippen LogP contribution in [-0.4, -0.2) is 31.2 Å². The molecule has 1 atom stereocenters. The number of rotatable bonds is 2. The van der Waals surface area contributed by atoms with Gasteiger partial charge in [0, 0.05) is 10.7 Å². The normalized spacial score (nSPS) is 18.1. The average Bonchev–Trinajstić information content (AvgIpc) is 2.50. The number of halogens is 1. The second kappa shape index (κ2) is 5.27. The molecule has 5 nitrogen and oxygen atoms in total. The van der Waals surface area contributed by atoms with Crippen molar-refractivity contribution in [2.24, 2.45) is 0 Å². The van der Waals surface area contributed by atoms with Gasteiger partial charge in [0.2, 0.25) is 0 Å². The van der Waals surface area contributed by atoms with Gasteiger partial charge in [0.25, 0.3) is 0 Å². The minimum Gasteiger partial charge on any atom is -0.464 e. The highest BCUT2D eigenvalue weighted by Crippen LogP contribution is 2.24. The van der Waals surface area contributed by atoms with Gasteiger partial charge in [-0.05, 0) is 25.1 Å². The van der Waals surface area contributed by atoms with Gasteiger partial charge in [0.15, 0.2) is 6.04 Å². The molecule has 1 aliphatic rings. The van der Waals surface area contributed by atoms with Crippen LogP contribution in [0.25, 0.3) is 0 Å². The zero-order valence-corrected chi connectivity index (χ0v) is 10.5. The highest BCUT2D eigenvalue weighted by atomic mass is 35.5. The van der Waals surface area contributed by atoms with E-state index >= 15 is 0 Å². The highest BCUT2D eigenvalue weighted by molar-refractivity contribution is 6.31. The second-order valence-corrected chi connectivity index (χ2v) is 4.17. The molecular weight excluding hydrogens is 258 g/mol. The molecule has 0 saturated carbocycles. The molecule has 0 aromatic heterocycles. The molecule has 0 spiro atoms. The van der Waals surface area contributed by atoms with Crippen LogP contribution >= 0.6 is 11.6 Å². The standard InChI is InChI=1S/C12H12ClNO4/c1-2-17-12(16)10-6-18-11(15)8-5-7(13)3-4-9(8)14-10/h3-5,10,14H,2,6H2,1H3. The SMILES string of the molecule is CCOC(=O)C1COC(=O)c2cc(Cl)ccc2N1. The van der Waals surface area contributed by atoms with Crippen LogP contribution in [0.2, 0.25) is 5.02 Å². The molecule has 2 rings (SSSR count). The highest BCUT2D eigenvalue weighted by Gasteiger charge is 2.28. The summed E-state index contributed by atoms with van der Waals surface area (Å²) in [6.07, 6.45) is 0. The number of fused-ring (bicyclic) bond motifs is 1. The molecule has 18 heavy (non-hydrogen) atoms. The summed E-state index contributed by atoms with van der Waals surface area (Å²) in [4.78, 5) is 23.3. The van der Waals surface area contributed by atoms with E-state index in [1.807, 2.05) is 0 Å². The summed E-state index contributed by atoms with van der Waals surface area (Å²) in [5, 5.41) is 3.36. The van der Waals surface area contributed by atoms with Crippen molar-refractivity contribution < 1.29 is 19.1 Å². The van der Waals surface area contributed by atoms with Crippen LogP contribution in [0, 0.1) is 0 Å². The summed E-state index contributed by atoms with van der Waals surface area (Å²) >= 11 is 5.82. The average molecular weight is 270 g/mol. The number of anilines is 1. The molecule has 1 aliphatic heterocycles. The number of hydrogen-bond donors (Lipinski definition) is 1. The van der Waals surface area contributed by atoms with Crippen molar-refractivity contribution in [3.05, 3.63) is 28.8 Å². The first kappa shape index (κ1) is 12.7. The number of carbonyl (C=O) groups excluding carboxylic acids is 2. The summed E-state index contributed by atoms with van der Waals surface area (Å²) in [6, 6.07) is 4.07. The summed E-state index contributed by atoms with van der Waals surface area (Å²) in [6.45, 7) is 1.93. The minimum absolute atomic E-state index is 0.0655. The maximum atomic E-state index is 11.7. The van der Waals surface area contributed by atoms with E-state index in [4.69, 9.17) is 21.1 Å². The molecule has 1 heterocycles. The molecule has 96 valence electrons. The third kappa shape index (κ3) is 2.56. The van der Waals surface area contributed by atoms with E-state index in [2.05, 4.69) is 5.32 Å². The lowest BCUT2D eigenvalue weighted by atomic mass is 10.1. The number of cyclic esters (lactones) is 1. The van der Waals surface area contributed by atoms with E-state index in [-0.39, 0.29) is 13.2 Å². The van der Waals surface area contributed by atoms with Gasteiger partial charge >= 0.3 is 11.9 Å². The first-order valence-corrected chi connectivity index (χ1v) is 5.89. The fourth-order valence-corrected chi connectivity index (χ4v) is 1.82. The summed E-state index contributed by atoms with van der Waals surface area (Å²) in [5.41, 5.74) is 0.828. The molecule has 1 N–H and O–H groups in total. The van der Waals surface area contributed by atoms with E-state index in [1.54, 1.807) is 19.1 Å². The smallest absolute Gasteiger partial charge is 0.340 e. The van der Waals surface area contributed by atoms with Crippen molar-refractivity contribution in [3.8, 4) is 0 Å². The quantitative estimate of drug-likeness (QED) is 0.830. The van der Waals surface area contributed by atoms with E-state index < -0.39 is 18.0 Å². The van der Waals surface area contributed by atoms with Gasteiger partial charge in [0.1, 0.15) is 6.61 Å². The number of ether oxygens (including phenoxy) is 2. The lowest BCUT2D eigenvalue weighted by molar-refractivity contribution is -0.144. The van der Waals surface area contributed by atoms with Crippen molar-refractivity contribution in [3.63, 3.8) is 0 Å². The topological polar surface area (TPSA) is 64.6 Å². The third-order valence-corrected chi connectivity index (χ3v) is 2.72. The number of esters is 2. The van der Waals surface area contributed by atoms with Crippen LogP contribution in [0.5, 0.6) is 0 Å². The van der Waals surface area contributed by atoms with Crippen LogP contribution in [-0.2, 0) is 14.3 Å². The Morgan fingerprint density at radius 3 is 3.11 bits per heavy atom. The van der Waals surface area contributed by atoms with Crippen LogP contribution in [0.3, 0.4) is 0 Å². The van der Waals surface area contributed by atoms with Gasteiger partial charge in [0.05, 0.1) is 12.2 Å². The Kier molecular flexibility index (Phi) is 3.72. The third-order valence-electron chi connectivity index (χ3n) is 2.48. The van der Waals surface area contributed by atoms with Crippen LogP contribution in [0.15, 0.2) is 18.2 Å². The molecule has 1 aromatic rings. The van der Waals surface area contributed by atoms with Crippen LogP contribution < -0.4 is 5.32 Å². The first-order valence-electron chi connectivity index (χ1n) is 5.51. The molecule has 0 aliphatic carbocycles. The van der Waals surface area contributed by atoms with Crippen molar-refractivity contribution in [2.75, 3.05) is 18.5 Å². The Balaban J connectivity index is 2.27. The van der Waals surface area contributed by atoms with Crippen molar-refractivity contribution >= 4 is 29.2 Å². The lowest BCUT2D eigenvalue weighted by Crippen LogP contribution is -2.34. The van der Waals surface area contributed by atoms with Gasteiger partial charge in [-0.2, -0.15) is 0 Å². The predicted octanol–water partition coefficient (Wildman–Crippen LogP) is 1.85. The maximum Gasteiger partial charge on any atom is 0.340 e. The first-order chi connectivity index (χ1) is 8.61. The van der Waals surface area contributed by atoms with Crippen LogP contribution in [0.1, 0.15) is 17.3 Å². The number of nitrogens with one attached hydrogen (secondary N) is 1. The Morgan fingerprint density at radius 1 is 1.61 bits per heavy atom. The number of hydrogen-bond acceptors (Lipinski definition) is 5. The van der Waals surface area contributed by atoms with Crippen molar-refractivity contribution in [2.45, 2.75) is 13.0 Å². The predicted molar refractivity (Wildman–Crippen MR) is 65.8 cm³/mol. The Hall–Kier alpha value is -1.75. The van der Waals surface area contributed by atoms with Gasteiger partial charge in [-0.3, -0.25) is 0 Å². The molecule has 0 fully saturated rings. The Bertz CT molecular complexity index is 489. The van der Waals surface area contributed by atoms with E-state index in [0.29, 0.717) is 16.3 Å². The second-order valence-electron chi connectivity index (χ2n) is 3.74. The maximum absolute atomic E-state index is 11.7. The van der Waals surface area contributed by atoms with Crippen molar-refractivity contribution in [1.29, 1.82) is 0 Å². The summed E-state index contributed by atoms with van der Waals surface area (Å²) in [7, 11) is 0. The molecule has 1 unspecified atom stereocenters. The van der Waals surface area contributed by atoms with Crippen LogP contribution in [0.4, 0.5) is 5.69 Å². The van der Waals surface area contributed by atoms with Gasteiger partial charge < -0.3 is 14.8 Å². The fraction of sp³-hybridized carbons (Fsp3) is 0.333. The van der Waals surface area contributed by atoms with E-state index in [9.17, 15) is 9.59 Å². The minimum atomic E-state index is -0.698. The molecule has 0 radical (unpaired) electrons. The molecule has 0 bridgehead atoms. The number of carbonyl (C=O) groups is 2. The zero-order valence-electron chi connectivity index (χ0n) is 9.73. The van der Waals surface area contributed by atoms with Crippen molar-refractivity contribution in [1.82, 2.24) is 0 Å². The van der Waals surface area contributed by atoms with Gasteiger partial charge in [-0.15, -0.1) is 0 Å². The Morgan fingerprint density at radius 2 is 2.39 bits per heavy atom. The molecule has 0 saturated heterocycles. The summed E-state index contributed by atoms with van der Waals surface area (Å²) < 4.78 is 9.90. The molecule has 6 heteroatoms. The molecule has 1 aromatic carbocycles. The monoisotopic (exact) mass is 269 g/mol. The fourth-order valence-electron chi connectivity index (χ4n) is 1.65. The van der Waals surface area contributed by atoms with E-state index in [1.165, 1.54) is 6.07 Å². The van der Waals surface area contributed by atoms with E-state index in [0.717, 1.165) is 0 Å². The van der Waals surface area contributed by atoms with Gasteiger partial charge in [-0.1, -0.05) is 11.6 Å². The number of benzene rings is 1. The lowest BCUT2D eigenvalue weighted by Gasteiger charge is -2.14. The molecular formula is C12H12ClNO4. The summed E-state index contributed by atoms with van der Waals surface area (Å²) in [5.74, 6) is -0.958. The Labute approximate surface area is 109 Å². The largest absolute Gasteiger partial charge is 0.464 e.